The summed E-state index contributed by atoms with van der Waals surface area (Å²) in [7, 11) is 0. The van der Waals surface area contributed by atoms with Crippen LogP contribution in [0.25, 0.3) is 22.2 Å². The first kappa shape index (κ1) is 19.9. The lowest BCUT2D eigenvalue weighted by Crippen LogP contribution is -2.35. The number of nitrogens with one attached hydrogen (secondary N) is 2. The number of rotatable bonds is 4. The van der Waals surface area contributed by atoms with Crippen LogP contribution in [0.15, 0.2) is 60.8 Å². The second-order valence-electron chi connectivity index (χ2n) is 8.51. The third-order valence-electron chi connectivity index (χ3n) is 5.51. The topological polar surface area (TPSA) is 97.0 Å². The SMILES string of the molecule is CC1(C)CC(=O)c2cc(-c3n[nH]c4ccc(C(=O)NCc5ccccn5)cc34)ccc2O1. The number of hydrogen-bond acceptors (Lipinski definition) is 5. The van der Waals surface area contributed by atoms with Gasteiger partial charge in [0.25, 0.3) is 5.91 Å². The maximum atomic E-state index is 12.7. The quantitative estimate of drug-likeness (QED) is 0.507. The van der Waals surface area contributed by atoms with Crippen LogP contribution >= 0.6 is 0 Å². The van der Waals surface area contributed by atoms with Crippen LogP contribution in [-0.4, -0.2) is 32.5 Å². The zero-order valence-electron chi connectivity index (χ0n) is 17.8. The summed E-state index contributed by atoms with van der Waals surface area (Å²) in [6, 6.07) is 16.5. The molecule has 2 aromatic heterocycles. The van der Waals surface area contributed by atoms with Crippen molar-refractivity contribution in [2.45, 2.75) is 32.4 Å². The van der Waals surface area contributed by atoms with Crippen LogP contribution in [0.1, 0.15) is 46.7 Å². The minimum absolute atomic E-state index is 0.0486. The maximum absolute atomic E-state index is 12.7. The highest BCUT2D eigenvalue weighted by Crippen LogP contribution is 2.36. The van der Waals surface area contributed by atoms with Crippen LogP contribution < -0.4 is 10.1 Å². The number of fused-ring (bicyclic) bond motifs is 2. The Bertz CT molecular complexity index is 1340. The van der Waals surface area contributed by atoms with Gasteiger partial charge >= 0.3 is 0 Å². The van der Waals surface area contributed by atoms with E-state index in [4.69, 9.17) is 4.74 Å². The summed E-state index contributed by atoms with van der Waals surface area (Å²) < 4.78 is 5.96. The molecule has 0 spiro atoms. The smallest absolute Gasteiger partial charge is 0.251 e. The molecule has 2 N–H and O–H groups in total. The number of benzene rings is 2. The second-order valence-corrected chi connectivity index (χ2v) is 8.51. The summed E-state index contributed by atoms with van der Waals surface area (Å²) in [4.78, 5) is 29.6. The molecule has 160 valence electrons. The van der Waals surface area contributed by atoms with Crippen molar-refractivity contribution >= 4 is 22.6 Å². The lowest BCUT2D eigenvalue weighted by molar-refractivity contribution is 0.0620. The number of aromatic nitrogens is 3. The molecule has 3 heterocycles. The van der Waals surface area contributed by atoms with E-state index in [0.29, 0.717) is 35.5 Å². The molecule has 7 nitrogen and oxygen atoms in total. The Morgan fingerprint density at radius 2 is 2.03 bits per heavy atom. The van der Waals surface area contributed by atoms with E-state index >= 15 is 0 Å². The van der Waals surface area contributed by atoms with E-state index in [1.165, 1.54) is 0 Å². The van der Waals surface area contributed by atoms with E-state index in [1.54, 1.807) is 12.3 Å². The normalized spacial score (nSPS) is 14.6. The number of aromatic amines is 1. The summed E-state index contributed by atoms with van der Waals surface area (Å²) in [5, 5.41) is 11.1. The van der Waals surface area contributed by atoms with E-state index < -0.39 is 5.60 Å². The van der Waals surface area contributed by atoms with Crippen LogP contribution in [0, 0.1) is 0 Å². The number of nitrogens with zero attached hydrogens (tertiary/aromatic N) is 2. The lowest BCUT2D eigenvalue weighted by Gasteiger charge is -2.31. The molecule has 5 rings (SSSR count). The van der Waals surface area contributed by atoms with Crippen molar-refractivity contribution in [2.75, 3.05) is 0 Å². The second kappa shape index (κ2) is 7.60. The molecule has 0 aliphatic carbocycles. The van der Waals surface area contributed by atoms with Gasteiger partial charge < -0.3 is 10.1 Å². The van der Waals surface area contributed by atoms with Crippen LogP contribution in [0.2, 0.25) is 0 Å². The molecule has 0 unspecified atom stereocenters. The van der Waals surface area contributed by atoms with Crippen molar-refractivity contribution in [3.05, 3.63) is 77.6 Å². The van der Waals surface area contributed by atoms with E-state index in [2.05, 4.69) is 20.5 Å². The highest BCUT2D eigenvalue weighted by atomic mass is 16.5. The van der Waals surface area contributed by atoms with Gasteiger partial charge in [0.15, 0.2) is 5.78 Å². The number of carbonyl (C=O) groups excluding carboxylic acids is 2. The highest BCUT2D eigenvalue weighted by molar-refractivity contribution is 6.04. The van der Waals surface area contributed by atoms with Gasteiger partial charge in [0.05, 0.1) is 35.4 Å². The summed E-state index contributed by atoms with van der Waals surface area (Å²) >= 11 is 0. The van der Waals surface area contributed by atoms with Gasteiger partial charge in [0.1, 0.15) is 11.4 Å². The van der Waals surface area contributed by atoms with Gasteiger partial charge in [-0.15, -0.1) is 0 Å². The van der Waals surface area contributed by atoms with Crippen molar-refractivity contribution in [3.8, 4) is 17.0 Å². The fraction of sp³-hybridized carbons (Fsp3) is 0.200. The van der Waals surface area contributed by atoms with E-state index in [-0.39, 0.29) is 11.7 Å². The molecule has 0 atom stereocenters. The molecule has 7 heteroatoms. The third kappa shape index (κ3) is 3.73. The summed E-state index contributed by atoms with van der Waals surface area (Å²) in [5.74, 6) is 0.443. The predicted octanol–water partition coefficient (Wildman–Crippen LogP) is 4.30. The Hall–Kier alpha value is -4.00. The number of hydrogen-bond donors (Lipinski definition) is 2. The van der Waals surface area contributed by atoms with Crippen molar-refractivity contribution in [1.29, 1.82) is 0 Å². The number of ketones is 1. The zero-order valence-corrected chi connectivity index (χ0v) is 17.8. The maximum Gasteiger partial charge on any atom is 0.251 e. The van der Waals surface area contributed by atoms with Crippen LogP contribution in [0.4, 0.5) is 0 Å². The van der Waals surface area contributed by atoms with Gasteiger partial charge in [-0.05, 0) is 62.4 Å². The first-order valence-electron chi connectivity index (χ1n) is 10.4. The number of Topliss-reactive ketones (excluding diaryl/α,β-unsaturated/α-hetero) is 1. The molecule has 1 aliphatic rings. The Labute approximate surface area is 184 Å². The minimum Gasteiger partial charge on any atom is -0.487 e. The van der Waals surface area contributed by atoms with Crippen molar-refractivity contribution in [3.63, 3.8) is 0 Å². The average Bonchev–Trinajstić information content (AvgIpc) is 3.20. The number of amides is 1. The average molecular weight is 426 g/mol. The van der Waals surface area contributed by atoms with Gasteiger partial charge in [0.2, 0.25) is 0 Å². The molecule has 0 saturated heterocycles. The van der Waals surface area contributed by atoms with Crippen LogP contribution in [-0.2, 0) is 6.54 Å². The molecule has 0 saturated carbocycles. The molecule has 4 aromatic rings. The van der Waals surface area contributed by atoms with Crippen molar-refractivity contribution in [2.24, 2.45) is 0 Å². The van der Waals surface area contributed by atoms with Gasteiger partial charge in [-0.1, -0.05) is 6.07 Å². The highest BCUT2D eigenvalue weighted by Gasteiger charge is 2.32. The molecule has 1 amide bonds. The fourth-order valence-electron chi connectivity index (χ4n) is 3.95. The molecule has 32 heavy (non-hydrogen) atoms. The van der Waals surface area contributed by atoms with Crippen LogP contribution in [0.3, 0.4) is 0 Å². The predicted molar refractivity (Wildman–Crippen MR) is 121 cm³/mol. The van der Waals surface area contributed by atoms with Crippen LogP contribution in [0.5, 0.6) is 5.75 Å². The first-order valence-corrected chi connectivity index (χ1v) is 10.4. The molecule has 1 aliphatic heterocycles. The first-order chi connectivity index (χ1) is 15.4. The Morgan fingerprint density at radius 3 is 2.84 bits per heavy atom. The molecule has 0 radical (unpaired) electrons. The van der Waals surface area contributed by atoms with E-state index in [1.807, 2.05) is 62.4 Å². The summed E-state index contributed by atoms with van der Waals surface area (Å²) in [5.41, 5.74) is 3.63. The van der Waals surface area contributed by atoms with Gasteiger partial charge in [-0.25, -0.2) is 0 Å². The Morgan fingerprint density at radius 1 is 1.16 bits per heavy atom. The van der Waals surface area contributed by atoms with Crippen molar-refractivity contribution in [1.82, 2.24) is 20.5 Å². The van der Waals surface area contributed by atoms with Gasteiger partial charge in [0, 0.05) is 22.7 Å². The monoisotopic (exact) mass is 426 g/mol. The largest absolute Gasteiger partial charge is 0.487 e. The van der Waals surface area contributed by atoms with E-state index in [9.17, 15) is 9.59 Å². The molecule has 0 bridgehead atoms. The van der Waals surface area contributed by atoms with E-state index in [0.717, 1.165) is 22.2 Å². The Kier molecular flexibility index (Phi) is 4.74. The third-order valence-corrected chi connectivity index (χ3v) is 5.51. The fourth-order valence-corrected chi connectivity index (χ4v) is 3.95. The summed E-state index contributed by atoms with van der Waals surface area (Å²) in [6.07, 6.45) is 2.02. The number of pyridine rings is 1. The minimum atomic E-state index is -0.512. The standard InChI is InChI=1S/C25H22N4O3/c1-25(2)13-21(30)19-11-15(7-9-22(19)32-25)23-18-12-16(6-8-20(18)28-29-23)24(31)27-14-17-5-3-4-10-26-17/h3-12H,13-14H2,1-2H3,(H,27,31)(H,28,29). The molecule has 0 fully saturated rings. The van der Waals surface area contributed by atoms with Crippen molar-refractivity contribution < 1.29 is 14.3 Å². The summed E-state index contributed by atoms with van der Waals surface area (Å²) in [6.45, 7) is 4.16. The van der Waals surface area contributed by atoms with Gasteiger partial charge in [-0.3, -0.25) is 19.7 Å². The lowest BCUT2D eigenvalue weighted by atomic mass is 9.91. The Balaban J connectivity index is 1.45. The van der Waals surface area contributed by atoms with Gasteiger partial charge in [-0.2, -0.15) is 5.10 Å². The molecular weight excluding hydrogens is 404 g/mol. The zero-order chi connectivity index (χ0) is 22.3. The molecular formula is C25H22N4O3. The number of ether oxygens (including phenoxy) is 1. The number of carbonyl (C=O) groups is 2. The molecule has 2 aromatic carbocycles. The number of H-pyrrole nitrogens is 1.